The molecule has 186 valence electrons. The fourth-order valence-corrected chi connectivity index (χ4v) is 4.26. The summed E-state index contributed by atoms with van der Waals surface area (Å²) < 4.78 is 5.34. The molecule has 0 aromatic rings. The van der Waals surface area contributed by atoms with Gasteiger partial charge in [-0.3, -0.25) is 4.79 Å². The Morgan fingerprint density at radius 1 is 0.613 bits per heavy atom. The largest absolute Gasteiger partial charge is 0.466 e. The third-order valence-corrected chi connectivity index (χ3v) is 6.26. The summed E-state index contributed by atoms with van der Waals surface area (Å²) in [5, 5.41) is 0. The van der Waals surface area contributed by atoms with Gasteiger partial charge in [-0.1, -0.05) is 104 Å². The summed E-state index contributed by atoms with van der Waals surface area (Å²) >= 11 is 6.00. The van der Waals surface area contributed by atoms with Crippen molar-refractivity contribution in [2.24, 2.45) is 0 Å². The van der Waals surface area contributed by atoms with Crippen LogP contribution < -0.4 is 0 Å². The molecule has 31 heavy (non-hydrogen) atoms. The van der Waals surface area contributed by atoms with Gasteiger partial charge in [0.05, 0.1) is 6.61 Å². The van der Waals surface area contributed by atoms with Gasteiger partial charge >= 0.3 is 5.97 Å². The average molecular weight is 460 g/mol. The molecule has 0 N–H and O–H groups in total. The molecule has 0 heterocycles. The van der Waals surface area contributed by atoms with Gasteiger partial charge in [0.1, 0.15) is 0 Å². The van der Waals surface area contributed by atoms with E-state index in [0.29, 0.717) is 18.9 Å². The molecule has 0 aliphatic heterocycles. The highest BCUT2D eigenvalue weighted by molar-refractivity contribution is 6.18. The van der Waals surface area contributed by atoms with Gasteiger partial charge in [-0.2, -0.15) is 0 Å². The van der Waals surface area contributed by atoms with Crippen LogP contribution in [0.2, 0.25) is 0 Å². The molecule has 0 radical (unpaired) electrons. The van der Waals surface area contributed by atoms with Crippen molar-refractivity contribution in [1.82, 2.24) is 4.90 Å². The van der Waals surface area contributed by atoms with Crippen molar-refractivity contribution in [2.75, 3.05) is 32.1 Å². The highest BCUT2D eigenvalue weighted by atomic mass is 35.5. The van der Waals surface area contributed by atoms with Gasteiger partial charge in [-0.25, -0.2) is 0 Å². The SMILES string of the molecule is CCCCCCCCCCCCN(CCCl)CCCCCC(=O)OCCCCCCC. The van der Waals surface area contributed by atoms with Crippen LogP contribution in [0.15, 0.2) is 0 Å². The molecule has 3 nitrogen and oxygen atoms in total. The molecule has 0 amide bonds. The molecule has 0 aliphatic rings. The van der Waals surface area contributed by atoms with Crippen molar-refractivity contribution in [1.29, 1.82) is 0 Å². The van der Waals surface area contributed by atoms with Gasteiger partial charge in [0, 0.05) is 18.8 Å². The monoisotopic (exact) mass is 459 g/mol. The highest BCUT2D eigenvalue weighted by Gasteiger charge is 2.06. The Balaban J connectivity index is 3.53. The van der Waals surface area contributed by atoms with E-state index in [1.807, 2.05) is 0 Å². The second-order valence-corrected chi connectivity index (χ2v) is 9.54. The number of carbonyl (C=O) groups is 1. The van der Waals surface area contributed by atoms with Gasteiger partial charge in [-0.15, -0.1) is 11.6 Å². The first-order valence-corrected chi connectivity index (χ1v) is 14.2. The normalized spacial score (nSPS) is 11.4. The summed E-state index contributed by atoms with van der Waals surface area (Å²) in [5.74, 6) is 0.695. The summed E-state index contributed by atoms with van der Waals surface area (Å²) in [6.07, 6.45) is 23.6. The van der Waals surface area contributed by atoms with E-state index >= 15 is 0 Å². The smallest absolute Gasteiger partial charge is 0.305 e. The fourth-order valence-electron chi connectivity index (χ4n) is 4.02. The number of rotatable bonds is 25. The van der Waals surface area contributed by atoms with E-state index in [4.69, 9.17) is 16.3 Å². The molecular weight excluding hydrogens is 406 g/mol. The molecule has 4 heteroatoms. The minimum atomic E-state index is -0.0153. The van der Waals surface area contributed by atoms with Crippen LogP contribution in [0.3, 0.4) is 0 Å². The predicted octanol–water partition coefficient (Wildman–Crippen LogP) is 8.52. The van der Waals surface area contributed by atoms with E-state index in [1.54, 1.807) is 0 Å². The third-order valence-electron chi connectivity index (χ3n) is 6.09. The Morgan fingerprint density at radius 2 is 1.06 bits per heavy atom. The van der Waals surface area contributed by atoms with Crippen LogP contribution in [0.1, 0.15) is 136 Å². The first kappa shape index (κ1) is 30.7. The zero-order chi connectivity index (χ0) is 22.8. The second-order valence-electron chi connectivity index (χ2n) is 9.16. The minimum absolute atomic E-state index is 0.0153. The number of carbonyl (C=O) groups excluding carboxylic acids is 1. The van der Waals surface area contributed by atoms with Crippen molar-refractivity contribution in [2.45, 2.75) is 136 Å². The number of halogens is 1. The summed E-state index contributed by atoms with van der Waals surface area (Å²) in [4.78, 5) is 14.3. The van der Waals surface area contributed by atoms with Crippen LogP contribution in [-0.4, -0.2) is 43.0 Å². The van der Waals surface area contributed by atoms with Crippen molar-refractivity contribution >= 4 is 17.6 Å². The van der Waals surface area contributed by atoms with Crippen molar-refractivity contribution in [3.05, 3.63) is 0 Å². The lowest BCUT2D eigenvalue weighted by Crippen LogP contribution is -2.28. The molecule has 0 spiro atoms. The van der Waals surface area contributed by atoms with Gasteiger partial charge in [-0.05, 0) is 38.8 Å². The first-order chi connectivity index (χ1) is 15.2. The lowest BCUT2D eigenvalue weighted by molar-refractivity contribution is -0.143. The second kappa shape index (κ2) is 26.0. The van der Waals surface area contributed by atoms with Crippen LogP contribution in [0.5, 0.6) is 0 Å². The Morgan fingerprint density at radius 3 is 1.58 bits per heavy atom. The highest BCUT2D eigenvalue weighted by Crippen LogP contribution is 2.11. The van der Waals surface area contributed by atoms with Gasteiger partial charge < -0.3 is 9.64 Å². The van der Waals surface area contributed by atoms with Crippen LogP contribution in [0.4, 0.5) is 0 Å². The van der Waals surface area contributed by atoms with E-state index in [9.17, 15) is 4.79 Å². The Bertz CT molecular complexity index is 365. The molecule has 0 rings (SSSR count). The molecular formula is C27H54ClNO2. The number of hydrogen-bond acceptors (Lipinski definition) is 3. The minimum Gasteiger partial charge on any atom is -0.466 e. The fraction of sp³-hybridized carbons (Fsp3) is 0.963. The average Bonchev–Trinajstić information content (AvgIpc) is 2.77. The molecule has 0 unspecified atom stereocenters. The van der Waals surface area contributed by atoms with Crippen LogP contribution >= 0.6 is 11.6 Å². The maximum absolute atomic E-state index is 11.8. The number of ether oxygens (including phenoxy) is 1. The zero-order valence-electron chi connectivity index (χ0n) is 21.1. The van der Waals surface area contributed by atoms with E-state index < -0.39 is 0 Å². The zero-order valence-corrected chi connectivity index (χ0v) is 21.9. The summed E-state index contributed by atoms with van der Waals surface area (Å²) in [5.41, 5.74) is 0. The predicted molar refractivity (Wildman–Crippen MR) is 137 cm³/mol. The molecule has 0 saturated heterocycles. The topological polar surface area (TPSA) is 29.5 Å². The standard InChI is InChI=1S/C27H54ClNO2/c1-3-5-7-9-10-11-12-13-14-18-23-29(25-22-28)24-19-16-17-21-27(30)31-26-20-15-8-6-4-2/h3-26H2,1-2H3. The molecule has 0 aromatic carbocycles. The van der Waals surface area contributed by atoms with Gasteiger partial charge in [0.25, 0.3) is 0 Å². The van der Waals surface area contributed by atoms with Crippen molar-refractivity contribution in [3.63, 3.8) is 0 Å². The number of unbranched alkanes of at least 4 members (excludes halogenated alkanes) is 15. The van der Waals surface area contributed by atoms with Crippen LogP contribution in [0.25, 0.3) is 0 Å². The maximum Gasteiger partial charge on any atom is 0.305 e. The van der Waals surface area contributed by atoms with Gasteiger partial charge in [0.15, 0.2) is 0 Å². The number of hydrogen-bond donors (Lipinski definition) is 0. The Kier molecular flexibility index (Phi) is 25.7. The molecule has 0 aliphatic carbocycles. The summed E-state index contributed by atoms with van der Waals surface area (Å²) in [7, 11) is 0. The van der Waals surface area contributed by atoms with E-state index in [1.165, 1.54) is 96.4 Å². The molecule has 0 saturated carbocycles. The third kappa shape index (κ3) is 24.2. The summed E-state index contributed by atoms with van der Waals surface area (Å²) in [6.45, 7) is 8.36. The van der Waals surface area contributed by atoms with Crippen LogP contribution in [-0.2, 0) is 9.53 Å². The van der Waals surface area contributed by atoms with Crippen molar-refractivity contribution in [3.8, 4) is 0 Å². The molecule has 0 bridgehead atoms. The van der Waals surface area contributed by atoms with Crippen LogP contribution in [0, 0.1) is 0 Å². The first-order valence-electron chi connectivity index (χ1n) is 13.7. The molecule has 0 atom stereocenters. The van der Waals surface area contributed by atoms with E-state index in [-0.39, 0.29) is 5.97 Å². The van der Waals surface area contributed by atoms with E-state index in [0.717, 1.165) is 38.8 Å². The Hall–Kier alpha value is -0.280. The lowest BCUT2D eigenvalue weighted by atomic mass is 10.1. The molecule has 0 fully saturated rings. The van der Waals surface area contributed by atoms with Gasteiger partial charge in [0.2, 0.25) is 0 Å². The number of nitrogens with zero attached hydrogens (tertiary/aromatic N) is 1. The quantitative estimate of drug-likeness (QED) is 0.0777. The number of alkyl halides is 1. The summed E-state index contributed by atoms with van der Waals surface area (Å²) in [6, 6.07) is 0. The van der Waals surface area contributed by atoms with E-state index in [2.05, 4.69) is 18.7 Å². The van der Waals surface area contributed by atoms with Crippen molar-refractivity contribution < 1.29 is 9.53 Å². The number of esters is 1. The Labute approximate surface area is 200 Å². The molecule has 0 aromatic heterocycles. The maximum atomic E-state index is 11.8. The lowest BCUT2D eigenvalue weighted by Gasteiger charge is -2.21.